The Balaban J connectivity index is 2.04. The summed E-state index contributed by atoms with van der Waals surface area (Å²) < 4.78 is 0. The summed E-state index contributed by atoms with van der Waals surface area (Å²) in [4.78, 5) is 2.37. The average Bonchev–Trinajstić information content (AvgIpc) is 2.58. The van der Waals surface area contributed by atoms with Gasteiger partial charge in [-0.1, -0.05) is 12.2 Å². The fourth-order valence-electron chi connectivity index (χ4n) is 2.02. The number of hydrogen-bond acceptors (Lipinski definition) is 1. The zero-order valence-electron chi connectivity index (χ0n) is 7.84. The van der Waals surface area contributed by atoms with Gasteiger partial charge in [-0.15, -0.1) is 0 Å². The van der Waals surface area contributed by atoms with E-state index in [4.69, 9.17) is 0 Å². The van der Waals surface area contributed by atoms with E-state index in [0.717, 1.165) is 6.54 Å². The van der Waals surface area contributed by atoms with Crippen LogP contribution >= 0.6 is 0 Å². The maximum Gasteiger partial charge on any atom is 0.0166 e. The van der Waals surface area contributed by atoms with Crippen molar-refractivity contribution in [2.45, 2.75) is 25.7 Å². The second kappa shape index (κ2) is 3.44. The molecule has 0 saturated heterocycles. The van der Waals surface area contributed by atoms with Crippen LogP contribution in [0.25, 0.3) is 0 Å². The van der Waals surface area contributed by atoms with Crippen LogP contribution in [0.4, 0.5) is 0 Å². The summed E-state index contributed by atoms with van der Waals surface area (Å²) >= 11 is 0. The van der Waals surface area contributed by atoms with Crippen LogP contribution in [0.3, 0.4) is 0 Å². The Labute approximate surface area is 74.8 Å². The van der Waals surface area contributed by atoms with Gasteiger partial charge in [0.25, 0.3) is 0 Å². The highest BCUT2D eigenvalue weighted by molar-refractivity contribution is 5.34. The Hall–Kier alpha value is -0.560. The van der Waals surface area contributed by atoms with Gasteiger partial charge in [0, 0.05) is 13.1 Å². The largest absolute Gasteiger partial charge is 0.302 e. The summed E-state index contributed by atoms with van der Waals surface area (Å²) in [6, 6.07) is 0. The van der Waals surface area contributed by atoms with E-state index in [0.29, 0.717) is 0 Å². The summed E-state index contributed by atoms with van der Waals surface area (Å²) in [7, 11) is 2.19. The predicted octanol–water partition coefficient (Wildman–Crippen LogP) is 2.36. The highest BCUT2D eigenvalue weighted by atomic mass is 15.1. The van der Waals surface area contributed by atoms with E-state index in [2.05, 4.69) is 24.1 Å². The third-order valence-corrected chi connectivity index (χ3v) is 2.87. The minimum atomic E-state index is 1.15. The molecule has 1 aliphatic carbocycles. The van der Waals surface area contributed by atoms with Crippen LogP contribution in [0.1, 0.15) is 25.7 Å². The first kappa shape index (κ1) is 8.06. The Morgan fingerprint density at radius 1 is 1.17 bits per heavy atom. The van der Waals surface area contributed by atoms with E-state index in [9.17, 15) is 0 Å². The number of likely N-dealkylation sites (N-methyl/N-ethyl adjacent to an activating group) is 1. The van der Waals surface area contributed by atoms with Crippen molar-refractivity contribution < 1.29 is 0 Å². The van der Waals surface area contributed by atoms with E-state index in [1.807, 2.05) is 0 Å². The summed E-state index contributed by atoms with van der Waals surface area (Å²) in [5.41, 5.74) is 3.27. The monoisotopic (exact) mass is 163 g/mol. The first-order chi connectivity index (χ1) is 5.86. The maximum atomic E-state index is 2.43. The molecule has 0 unspecified atom stereocenters. The molecule has 1 heteroatoms. The Morgan fingerprint density at radius 3 is 2.58 bits per heavy atom. The molecule has 0 fully saturated rings. The van der Waals surface area contributed by atoms with Crippen LogP contribution in [-0.2, 0) is 0 Å². The average molecular weight is 163 g/mol. The van der Waals surface area contributed by atoms with Gasteiger partial charge in [-0.25, -0.2) is 0 Å². The van der Waals surface area contributed by atoms with Crippen molar-refractivity contribution in [2.24, 2.45) is 0 Å². The molecule has 0 N–H and O–H groups in total. The van der Waals surface area contributed by atoms with Crippen molar-refractivity contribution >= 4 is 0 Å². The minimum absolute atomic E-state index is 1.15. The fourth-order valence-corrected chi connectivity index (χ4v) is 2.02. The highest BCUT2D eigenvalue weighted by Crippen LogP contribution is 2.28. The van der Waals surface area contributed by atoms with Gasteiger partial charge in [-0.05, 0) is 43.9 Å². The first-order valence-electron chi connectivity index (χ1n) is 4.93. The number of allylic oxidation sites excluding steroid dienone is 2. The van der Waals surface area contributed by atoms with Crippen molar-refractivity contribution in [3.63, 3.8) is 0 Å². The highest BCUT2D eigenvalue weighted by Gasteiger charge is 2.13. The van der Waals surface area contributed by atoms with Gasteiger partial charge >= 0.3 is 0 Å². The molecule has 0 bridgehead atoms. The number of rotatable bonds is 1. The van der Waals surface area contributed by atoms with E-state index < -0.39 is 0 Å². The predicted molar refractivity (Wildman–Crippen MR) is 52.1 cm³/mol. The first-order valence-corrected chi connectivity index (χ1v) is 4.93. The molecule has 1 aliphatic heterocycles. The lowest BCUT2D eigenvalue weighted by Gasteiger charge is -2.22. The van der Waals surface area contributed by atoms with Gasteiger partial charge in [0.2, 0.25) is 0 Å². The molecular weight excluding hydrogens is 146 g/mol. The summed E-state index contributed by atoms with van der Waals surface area (Å²) in [5.74, 6) is 0. The van der Waals surface area contributed by atoms with Crippen LogP contribution in [0.2, 0.25) is 0 Å². The second-order valence-corrected chi connectivity index (χ2v) is 3.86. The number of nitrogens with zero attached hydrogens (tertiary/aromatic N) is 1. The molecule has 2 aliphatic rings. The van der Waals surface area contributed by atoms with Crippen molar-refractivity contribution in [1.82, 2.24) is 4.90 Å². The summed E-state index contributed by atoms with van der Waals surface area (Å²) in [6.45, 7) is 2.38. The quantitative estimate of drug-likeness (QED) is 0.573. The normalized spacial score (nSPS) is 25.4. The van der Waals surface area contributed by atoms with Gasteiger partial charge < -0.3 is 4.90 Å². The Kier molecular flexibility index (Phi) is 2.31. The minimum Gasteiger partial charge on any atom is -0.302 e. The second-order valence-electron chi connectivity index (χ2n) is 3.86. The topological polar surface area (TPSA) is 3.24 Å². The SMILES string of the molecule is CN1CC=C(C2=CCCC2)CC1. The smallest absolute Gasteiger partial charge is 0.0166 e. The van der Waals surface area contributed by atoms with Crippen LogP contribution in [0, 0.1) is 0 Å². The van der Waals surface area contributed by atoms with Crippen LogP contribution < -0.4 is 0 Å². The number of hydrogen-bond donors (Lipinski definition) is 0. The van der Waals surface area contributed by atoms with Crippen molar-refractivity contribution in [2.75, 3.05) is 20.1 Å². The molecule has 1 nitrogen and oxygen atoms in total. The molecule has 1 heterocycles. The zero-order valence-corrected chi connectivity index (χ0v) is 7.84. The van der Waals surface area contributed by atoms with E-state index >= 15 is 0 Å². The zero-order chi connectivity index (χ0) is 8.39. The molecule has 0 saturated carbocycles. The van der Waals surface area contributed by atoms with Gasteiger partial charge in [0.1, 0.15) is 0 Å². The lowest BCUT2D eigenvalue weighted by molar-refractivity contribution is 0.360. The third-order valence-electron chi connectivity index (χ3n) is 2.87. The standard InChI is InChI=1S/C11H17N/c1-12-8-6-11(7-9-12)10-4-2-3-5-10/h4,6H,2-3,5,7-9H2,1H3. The molecule has 2 rings (SSSR count). The Bertz CT molecular complexity index is 225. The van der Waals surface area contributed by atoms with E-state index in [-0.39, 0.29) is 0 Å². The van der Waals surface area contributed by atoms with E-state index in [1.165, 1.54) is 32.2 Å². The molecule has 0 radical (unpaired) electrons. The molecule has 0 atom stereocenters. The van der Waals surface area contributed by atoms with Crippen LogP contribution in [0.15, 0.2) is 23.3 Å². The Morgan fingerprint density at radius 2 is 2.00 bits per heavy atom. The molecule has 0 aromatic rings. The molecule has 0 aromatic heterocycles. The molecule has 0 spiro atoms. The molecular formula is C11H17N. The third kappa shape index (κ3) is 1.61. The summed E-state index contributed by atoms with van der Waals surface area (Å²) in [5, 5.41) is 0. The van der Waals surface area contributed by atoms with Gasteiger partial charge in [-0.2, -0.15) is 0 Å². The maximum absolute atomic E-state index is 2.43. The van der Waals surface area contributed by atoms with Crippen molar-refractivity contribution in [1.29, 1.82) is 0 Å². The molecule has 0 aromatic carbocycles. The van der Waals surface area contributed by atoms with Crippen LogP contribution in [0.5, 0.6) is 0 Å². The van der Waals surface area contributed by atoms with E-state index in [1.54, 1.807) is 11.1 Å². The molecule has 12 heavy (non-hydrogen) atoms. The van der Waals surface area contributed by atoms with Crippen molar-refractivity contribution in [3.05, 3.63) is 23.3 Å². The lowest BCUT2D eigenvalue weighted by atomic mass is 9.99. The summed E-state index contributed by atoms with van der Waals surface area (Å²) in [6.07, 6.45) is 10.1. The molecule has 66 valence electrons. The lowest BCUT2D eigenvalue weighted by Crippen LogP contribution is -2.24. The van der Waals surface area contributed by atoms with Crippen molar-refractivity contribution in [3.8, 4) is 0 Å². The van der Waals surface area contributed by atoms with Gasteiger partial charge in [0.15, 0.2) is 0 Å². The molecule has 0 amide bonds. The fraction of sp³-hybridized carbons (Fsp3) is 0.636. The van der Waals surface area contributed by atoms with Gasteiger partial charge in [0.05, 0.1) is 0 Å². The van der Waals surface area contributed by atoms with Gasteiger partial charge in [-0.3, -0.25) is 0 Å². The van der Waals surface area contributed by atoms with Crippen LogP contribution in [-0.4, -0.2) is 25.0 Å².